The van der Waals surface area contributed by atoms with Crippen LogP contribution >= 0.6 is 12.2 Å². The number of nitrogen functional groups attached to an aromatic ring is 1. The van der Waals surface area contributed by atoms with Crippen molar-refractivity contribution in [3.63, 3.8) is 0 Å². The lowest BCUT2D eigenvalue weighted by atomic mass is 10.3. The molecule has 0 heterocycles. The summed E-state index contributed by atoms with van der Waals surface area (Å²) in [6.07, 6.45) is -0.677. The van der Waals surface area contributed by atoms with Crippen LogP contribution in [0.5, 0.6) is 0 Å². The number of rotatable bonds is 3. The van der Waals surface area contributed by atoms with E-state index in [1.54, 1.807) is 25.1 Å². The Morgan fingerprint density at radius 1 is 1.53 bits per heavy atom. The molecule has 0 bridgehead atoms. The van der Waals surface area contributed by atoms with Crippen molar-refractivity contribution in [2.45, 2.75) is 11.8 Å². The number of methoxy groups -OCH3 is 1. The lowest BCUT2D eigenvalue weighted by molar-refractivity contribution is 0.177. The van der Waals surface area contributed by atoms with Crippen molar-refractivity contribution < 1.29 is 13.7 Å². The summed E-state index contributed by atoms with van der Waals surface area (Å²) in [5.74, 6) is 0.471. The molecule has 1 aromatic carbocycles. The number of carbonyl (C=O) groups is 1. The third kappa shape index (κ3) is 4.18. The smallest absolute Gasteiger partial charge is 0.413 e. The Kier molecular flexibility index (Phi) is 5.71. The van der Waals surface area contributed by atoms with Gasteiger partial charge in [0.15, 0.2) is 5.11 Å². The van der Waals surface area contributed by atoms with Crippen molar-refractivity contribution in [2.24, 2.45) is 0 Å². The van der Waals surface area contributed by atoms with Gasteiger partial charge in [0, 0.05) is 5.75 Å². The molecular weight excluding hydrogens is 286 g/mol. The van der Waals surface area contributed by atoms with E-state index in [-0.39, 0.29) is 5.11 Å². The fraction of sp³-hybridized carbons (Fsp3) is 0.273. The largest absolute Gasteiger partial charge is 0.453 e. The predicted octanol–water partition coefficient (Wildman–Crippen LogP) is 1.45. The fourth-order valence-corrected chi connectivity index (χ4v) is 2.39. The lowest BCUT2D eigenvalue weighted by Crippen LogP contribution is -2.34. The molecule has 1 amide bonds. The van der Waals surface area contributed by atoms with Crippen LogP contribution in [-0.4, -0.2) is 28.3 Å². The molecule has 1 aromatic rings. The molecule has 0 aliphatic carbocycles. The number of benzene rings is 1. The van der Waals surface area contributed by atoms with E-state index in [0.717, 1.165) is 0 Å². The highest BCUT2D eigenvalue weighted by Crippen LogP contribution is 2.25. The van der Waals surface area contributed by atoms with E-state index in [4.69, 9.17) is 18.0 Å². The maximum atomic E-state index is 11.8. The maximum Gasteiger partial charge on any atom is 0.413 e. The summed E-state index contributed by atoms with van der Waals surface area (Å²) in [5.41, 5.74) is 6.74. The van der Waals surface area contributed by atoms with Crippen LogP contribution in [0, 0.1) is 0 Å². The Labute approximate surface area is 119 Å². The number of hydrogen-bond donors (Lipinski definition) is 3. The minimum atomic E-state index is -1.16. The average Bonchev–Trinajstić information content (AvgIpc) is 2.40. The molecule has 0 saturated carbocycles. The van der Waals surface area contributed by atoms with Gasteiger partial charge in [-0.25, -0.2) is 4.79 Å². The average molecular weight is 301 g/mol. The van der Waals surface area contributed by atoms with Crippen molar-refractivity contribution in [3.05, 3.63) is 18.2 Å². The number of para-hydroxylation sites is 1. The molecule has 0 aromatic heterocycles. The second-order valence-corrected chi connectivity index (χ2v) is 5.54. The summed E-state index contributed by atoms with van der Waals surface area (Å²) >= 11 is 4.92. The van der Waals surface area contributed by atoms with E-state index >= 15 is 0 Å². The zero-order valence-corrected chi connectivity index (χ0v) is 12.2. The molecule has 19 heavy (non-hydrogen) atoms. The third-order valence-corrected chi connectivity index (χ3v) is 3.80. The quantitative estimate of drug-likeness (QED) is 0.578. The van der Waals surface area contributed by atoms with Crippen molar-refractivity contribution in [3.8, 4) is 0 Å². The fourth-order valence-electron chi connectivity index (χ4n) is 1.30. The van der Waals surface area contributed by atoms with Gasteiger partial charge in [-0.3, -0.25) is 9.53 Å². The number of amides is 1. The van der Waals surface area contributed by atoms with E-state index in [0.29, 0.717) is 22.0 Å². The molecule has 8 heteroatoms. The van der Waals surface area contributed by atoms with Crippen LogP contribution in [0.4, 0.5) is 16.2 Å². The third-order valence-electron chi connectivity index (χ3n) is 2.22. The van der Waals surface area contributed by atoms with Crippen molar-refractivity contribution in [2.75, 3.05) is 23.9 Å². The van der Waals surface area contributed by atoms with Gasteiger partial charge in [0.05, 0.1) is 34.2 Å². The zero-order chi connectivity index (χ0) is 14.4. The van der Waals surface area contributed by atoms with Gasteiger partial charge in [-0.05, 0) is 24.4 Å². The first-order chi connectivity index (χ1) is 8.99. The highest BCUT2D eigenvalue weighted by Gasteiger charge is 2.11. The van der Waals surface area contributed by atoms with Gasteiger partial charge in [0.25, 0.3) is 0 Å². The highest BCUT2D eigenvalue weighted by atomic mass is 32.2. The van der Waals surface area contributed by atoms with E-state index in [9.17, 15) is 9.00 Å². The molecule has 0 radical (unpaired) electrons. The maximum absolute atomic E-state index is 11.8. The SMILES string of the molecule is CCS(=O)c1cccc(NC(=S)NC(=O)OC)c1N. The predicted molar refractivity (Wildman–Crippen MR) is 79.6 cm³/mol. The number of anilines is 2. The molecule has 0 aliphatic rings. The molecule has 1 unspecified atom stereocenters. The Hall–Kier alpha value is -1.67. The molecule has 0 aliphatic heterocycles. The summed E-state index contributed by atoms with van der Waals surface area (Å²) in [4.78, 5) is 11.5. The van der Waals surface area contributed by atoms with Gasteiger partial charge in [0.2, 0.25) is 0 Å². The monoisotopic (exact) mass is 301 g/mol. The summed E-state index contributed by atoms with van der Waals surface area (Å²) in [6, 6.07) is 5.08. The molecule has 1 atom stereocenters. The van der Waals surface area contributed by atoms with Crippen LogP contribution in [0.1, 0.15) is 6.92 Å². The molecule has 6 nitrogen and oxygen atoms in total. The van der Waals surface area contributed by atoms with E-state index in [1.807, 2.05) is 0 Å². The minimum Gasteiger partial charge on any atom is -0.453 e. The Balaban J connectivity index is 2.88. The summed E-state index contributed by atoms with van der Waals surface area (Å²) in [5, 5.41) is 5.10. The number of alkyl carbamates (subject to hydrolysis) is 1. The summed E-state index contributed by atoms with van der Waals surface area (Å²) in [6.45, 7) is 1.80. The first kappa shape index (κ1) is 15.4. The Bertz CT molecular complexity index is 520. The van der Waals surface area contributed by atoms with E-state index in [1.165, 1.54) is 7.11 Å². The van der Waals surface area contributed by atoms with Gasteiger partial charge in [0.1, 0.15) is 0 Å². The van der Waals surface area contributed by atoms with Crippen molar-refractivity contribution >= 4 is 45.6 Å². The number of hydrogen-bond acceptors (Lipinski definition) is 5. The molecule has 1 rings (SSSR count). The second-order valence-electron chi connectivity index (χ2n) is 3.42. The first-order valence-corrected chi connectivity index (χ1v) is 7.15. The number of carbonyl (C=O) groups excluding carboxylic acids is 1. The van der Waals surface area contributed by atoms with Crippen molar-refractivity contribution in [1.29, 1.82) is 0 Å². The molecule has 4 N–H and O–H groups in total. The van der Waals surface area contributed by atoms with E-state index < -0.39 is 16.9 Å². The van der Waals surface area contributed by atoms with Gasteiger partial charge in [-0.2, -0.15) is 0 Å². The molecule has 0 saturated heterocycles. The highest BCUT2D eigenvalue weighted by molar-refractivity contribution is 7.85. The zero-order valence-electron chi connectivity index (χ0n) is 10.6. The minimum absolute atomic E-state index is 0.0537. The van der Waals surface area contributed by atoms with Gasteiger partial charge in [-0.15, -0.1) is 0 Å². The van der Waals surface area contributed by atoms with E-state index in [2.05, 4.69) is 15.4 Å². The lowest BCUT2D eigenvalue weighted by Gasteiger charge is -2.13. The molecular formula is C11H15N3O3S2. The van der Waals surface area contributed by atoms with Gasteiger partial charge in [-0.1, -0.05) is 13.0 Å². The van der Waals surface area contributed by atoms with Gasteiger partial charge < -0.3 is 15.8 Å². The summed E-state index contributed by atoms with van der Waals surface area (Å²) < 4.78 is 16.2. The number of ether oxygens (including phenoxy) is 1. The second kappa shape index (κ2) is 7.05. The van der Waals surface area contributed by atoms with Crippen LogP contribution in [-0.2, 0) is 15.5 Å². The van der Waals surface area contributed by atoms with Crippen LogP contribution in [0.15, 0.2) is 23.1 Å². The molecule has 0 spiro atoms. The number of thiocarbonyl (C=S) groups is 1. The Morgan fingerprint density at radius 3 is 2.79 bits per heavy atom. The van der Waals surface area contributed by atoms with Crippen LogP contribution in [0.25, 0.3) is 0 Å². The van der Waals surface area contributed by atoms with Crippen LogP contribution in [0.3, 0.4) is 0 Å². The standard InChI is InChI=1S/C11H15N3O3S2/c1-3-19(16)8-6-4-5-7(9(8)12)13-10(18)14-11(15)17-2/h4-6H,3,12H2,1-2H3,(H2,13,14,15,18). The molecule has 104 valence electrons. The van der Waals surface area contributed by atoms with Crippen LogP contribution in [0.2, 0.25) is 0 Å². The number of nitrogens with two attached hydrogens (primary N) is 1. The topological polar surface area (TPSA) is 93.5 Å². The van der Waals surface area contributed by atoms with Crippen LogP contribution < -0.4 is 16.4 Å². The van der Waals surface area contributed by atoms with Crippen molar-refractivity contribution in [1.82, 2.24) is 5.32 Å². The normalized spacial score (nSPS) is 11.5. The first-order valence-electron chi connectivity index (χ1n) is 5.42. The molecule has 0 fully saturated rings. The van der Waals surface area contributed by atoms with Gasteiger partial charge >= 0.3 is 6.09 Å². The number of nitrogens with one attached hydrogen (secondary N) is 2. The Morgan fingerprint density at radius 2 is 2.21 bits per heavy atom. The summed E-state index contributed by atoms with van der Waals surface area (Å²) in [7, 11) is 0.0738.